The zero-order valence-electron chi connectivity index (χ0n) is 19.4. The van der Waals surface area contributed by atoms with Crippen LogP contribution in [0.3, 0.4) is 0 Å². The molecule has 1 aliphatic heterocycles. The summed E-state index contributed by atoms with van der Waals surface area (Å²) in [4.78, 5) is 18.9. The maximum atomic E-state index is 12.3. The molecule has 0 radical (unpaired) electrons. The van der Waals surface area contributed by atoms with Crippen molar-refractivity contribution in [2.75, 3.05) is 19.3 Å². The van der Waals surface area contributed by atoms with Crippen molar-refractivity contribution in [2.24, 2.45) is 0 Å². The van der Waals surface area contributed by atoms with Crippen LogP contribution in [-0.4, -0.2) is 49.3 Å². The number of aryl methyl sites for hydroxylation is 1. The Morgan fingerprint density at radius 3 is 2.31 bits per heavy atom. The van der Waals surface area contributed by atoms with Gasteiger partial charge < -0.3 is 14.4 Å². The maximum absolute atomic E-state index is 12.3. The summed E-state index contributed by atoms with van der Waals surface area (Å²) in [6.07, 6.45) is 4.58. The number of hydrogen-bond donors (Lipinski definition) is 0. The van der Waals surface area contributed by atoms with Crippen molar-refractivity contribution >= 4 is 15.9 Å². The van der Waals surface area contributed by atoms with Crippen LogP contribution in [0.4, 0.5) is 4.79 Å². The van der Waals surface area contributed by atoms with Gasteiger partial charge in [-0.2, -0.15) is 0 Å². The number of aromatic nitrogens is 1. The van der Waals surface area contributed by atoms with Crippen molar-refractivity contribution in [3.05, 3.63) is 53.3 Å². The molecule has 1 fully saturated rings. The summed E-state index contributed by atoms with van der Waals surface area (Å²) in [6.45, 7) is 9.30. The fraction of sp³-hybridized carbons (Fsp3) is 0.500. The second kappa shape index (κ2) is 9.48. The van der Waals surface area contributed by atoms with Gasteiger partial charge in [0.05, 0.1) is 10.6 Å². The van der Waals surface area contributed by atoms with Crippen molar-refractivity contribution in [3.8, 4) is 5.75 Å². The molecule has 1 aromatic carbocycles. The first-order valence-corrected chi connectivity index (χ1v) is 12.7. The van der Waals surface area contributed by atoms with Gasteiger partial charge in [-0.15, -0.1) is 0 Å². The third-order valence-electron chi connectivity index (χ3n) is 5.45. The predicted octanol–water partition coefficient (Wildman–Crippen LogP) is 4.49. The Balaban J connectivity index is 1.56. The molecule has 1 amide bonds. The van der Waals surface area contributed by atoms with Crippen LogP contribution in [0.1, 0.15) is 56.4 Å². The molecule has 0 unspecified atom stereocenters. The molecule has 3 rings (SSSR count). The summed E-state index contributed by atoms with van der Waals surface area (Å²) in [6, 6.07) is 8.53. The van der Waals surface area contributed by atoms with Crippen LogP contribution in [0, 0.1) is 6.92 Å². The quantitative estimate of drug-likeness (QED) is 0.654. The van der Waals surface area contributed by atoms with E-state index >= 15 is 0 Å². The van der Waals surface area contributed by atoms with Gasteiger partial charge in [-0.3, -0.25) is 4.98 Å². The number of carbonyl (C=O) groups excluding carboxylic acids is 1. The first-order chi connectivity index (χ1) is 14.9. The van der Waals surface area contributed by atoms with Crippen molar-refractivity contribution in [1.82, 2.24) is 9.88 Å². The van der Waals surface area contributed by atoms with Gasteiger partial charge in [0.1, 0.15) is 18.0 Å². The molecule has 1 aromatic heterocycles. The second-order valence-corrected chi connectivity index (χ2v) is 11.3. The van der Waals surface area contributed by atoms with E-state index in [1.807, 2.05) is 33.9 Å². The van der Waals surface area contributed by atoms with Crippen molar-refractivity contribution in [1.29, 1.82) is 0 Å². The molecule has 0 spiro atoms. The van der Waals surface area contributed by atoms with E-state index in [2.05, 4.69) is 11.1 Å². The van der Waals surface area contributed by atoms with E-state index in [1.165, 1.54) is 24.0 Å². The van der Waals surface area contributed by atoms with E-state index in [1.54, 1.807) is 17.0 Å². The van der Waals surface area contributed by atoms with E-state index in [4.69, 9.17) is 9.47 Å². The molecule has 0 N–H and O–H groups in total. The van der Waals surface area contributed by atoms with Gasteiger partial charge in [-0.1, -0.05) is 6.07 Å². The van der Waals surface area contributed by atoms with Gasteiger partial charge >= 0.3 is 6.09 Å². The van der Waals surface area contributed by atoms with Gasteiger partial charge in [-0.05, 0) is 81.8 Å². The molecule has 0 saturated carbocycles. The second-order valence-electron chi connectivity index (χ2n) is 9.31. The number of carbonyl (C=O) groups is 1. The van der Waals surface area contributed by atoms with Crippen LogP contribution in [0.5, 0.6) is 5.75 Å². The fourth-order valence-corrected chi connectivity index (χ4v) is 4.29. The lowest BCUT2D eigenvalue weighted by molar-refractivity contribution is 0.0204. The maximum Gasteiger partial charge on any atom is 0.410 e. The van der Waals surface area contributed by atoms with Gasteiger partial charge in [0.2, 0.25) is 0 Å². The van der Waals surface area contributed by atoms with Crippen molar-refractivity contribution in [3.63, 3.8) is 0 Å². The molecule has 32 heavy (non-hydrogen) atoms. The molecule has 8 heteroatoms. The van der Waals surface area contributed by atoms with Gasteiger partial charge in [0.15, 0.2) is 9.84 Å². The van der Waals surface area contributed by atoms with Crippen LogP contribution in [0.15, 0.2) is 41.4 Å². The highest BCUT2D eigenvalue weighted by Gasteiger charge is 2.27. The van der Waals surface area contributed by atoms with Crippen LogP contribution >= 0.6 is 0 Å². The van der Waals surface area contributed by atoms with Gasteiger partial charge in [0, 0.05) is 25.5 Å². The Morgan fingerprint density at radius 1 is 1.16 bits per heavy atom. The summed E-state index contributed by atoms with van der Waals surface area (Å²) in [5.74, 6) is 0.954. The summed E-state index contributed by atoms with van der Waals surface area (Å²) in [5.41, 5.74) is 2.58. The lowest BCUT2D eigenvalue weighted by Crippen LogP contribution is -2.41. The standard InChI is InChI=1S/C24H32N2O5S/c1-17-14-19(18-10-12-26(13-11-18)23(27)31-24(2,3)4)15-25-22(17)16-30-20-6-8-21(9-7-20)32(5,28)29/h6-9,14-15,18H,10-13,16H2,1-5H3. The van der Waals surface area contributed by atoms with E-state index in [0.717, 1.165) is 24.1 Å². The molecule has 1 aliphatic rings. The van der Waals surface area contributed by atoms with E-state index in [0.29, 0.717) is 31.4 Å². The number of nitrogens with zero attached hydrogens (tertiary/aromatic N) is 2. The Bertz CT molecular complexity index is 1050. The number of hydrogen-bond acceptors (Lipinski definition) is 6. The molecule has 0 atom stereocenters. The first-order valence-electron chi connectivity index (χ1n) is 10.8. The Morgan fingerprint density at radius 2 is 1.78 bits per heavy atom. The first kappa shape index (κ1) is 24.0. The number of amides is 1. The molecule has 7 nitrogen and oxygen atoms in total. The molecule has 174 valence electrons. The lowest BCUT2D eigenvalue weighted by Gasteiger charge is -2.33. The Hall–Kier alpha value is -2.61. The van der Waals surface area contributed by atoms with E-state index in [9.17, 15) is 13.2 Å². The van der Waals surface area contributed by atoms with Crippen LogP contribution in [0.25, 0.3) is 0 Å². The fourth-order valence-electron chi connectivity index (χ4n) is 3.66. The number of pyridine rings is 1. The molecule has 1 saturated heterocycles. The van der Waals surface area contributed by atoms with Crippen molar-refractivity contribution < 1.29 is 22.7 Å². The monoisotopic (exact) mass is 460 g/mol. The highest BCUT2D eigenvalue weighted by Crippen LogP contribution is 2.29. The van der Waals surface area contributed by atoms with Crippen molar-refractivity contribution in [2.45, 2.75) is 63.6 Å². The summed E-state index contributed by atoms with van der Waals surface area (Å²) in [5, 5.41) is 0. The van der Waals surface area contributed by atoms with E-state index in [-0.39, 0.29) is 11.0 Å². The average molecular weight is 461 g/mol. The number of benzene rings is 1. The number of ether oxygens (including phenoxy) is 2. The highest BCUT2D eigenvalue weighted by molar-refractivity contribution is 7.90. The normalized spacial score (nSPS) is 15.5. The third-order valence-corrected chi connectivity index (χ3v) is 6.58. The van der Waals surface area contributed by atoms with E-state index < -0.39 is 15.4 Å². The zero-order chi connectivity index (χ0) is 23.5. The minimum absolute atomic E-state index is 0.248. The summed E-state index contributed by atoms with van der Waals surface area (Å²) in [7, 11) is -3.22. The Kier molecular flexibility index (Phi) is 7.12. The van der Waals surface area contributed by atoms with Crippen LogP contribution < -0.4 is 4.74 Å². The molecule has 0 bridgehead atoms. The van der Waals surface area contributed by atoms with Crippen LogP contribution in [-0.2, 0) is 21.2 Å². The van der Waals surface area contributed by atoms with Crippen LogP contribution in [0.2, 0.25) is 0 Å². The van der Waals surface area contributed by atoms with Gasteiger partial charge in [-0.25, -0.2) is 13.2 Å². The minimum atomic E-state index is -3.22. The number of sulfone groups is 1. The largest absolute Gasteiger partial charge is 0.487 e. The molecular formula is C24H32N2O5S. The average Bonchev–Trinajstić information content (AvgIpc) is 2.71. The SMILES string of the molecule is Cc1cc(C2CCN(C(=O)OC(C)(C)C)CC2)cnc1COc1ccc(S(C)(=O)=O)cc1. The molecule has 2 aromatic rings. The molecule has 0 aliphatic carbocycles. The smallest absolute Gasteiger partial charge is 0.410 e. The number of piperidine rings is 1. The summed E-state index contributed by atoms with van der Waals surface area (Å²) >= 11 is 0. The molecular weight excluding hydrogens is 428 g/mol. The topological polar surface area (TPSA) is 85.8 Å². The number of rotatable bonds is 5. The highest BCUT2D eigenvalue weighted by atomic mass is 32.2. The Labute approximate surface area is 190 Å². The number of likely N-dealkylation sites (tertiary alicyclic amines) is 1. The minimum Gasteiger partial charge on any atom is -0.487 e. The van der Waals surface area contributed by atoms with Gasteiger partial charge in [0.25, 0.3) is 0 Å². The molecule has 2 heterocycles. The summed E-state index contributed by atoms with van der Waals surface area (Å²) < 4.78 is 34.4. The third kappa shape index (κ3) is 6.45. The zero-order valence-corrected chi connectivity index (χ0v) is 20.2. The lowest BCUT2D eigenvalue weighted by atomic mass is 9.89. The predicted molar refractivity (Wildman–Crippen MR) is 123 cm³/mol.